The van der Waals surface area contributed by atoms with Crippen molar-refractivity contribution in [2.24, 2.45) is 0 Å². The number of hydrogen-bond donors (Lipinski definition) is 2. The zero-order valence-corrected chi connectivity index (χ0v) is 17.6. The molecule has 0 saturated carbocycles. The Hall–Kier alpha value is -4.21. The number of rotatable bonds is 7. The van der Waals surface area contributed by atoms with Gasteiger partial charge in [-0.2, -0.15) is 0 Å². The molecular formula is C22H22N4O6. The van der Waals surface area contributed by atoms with E-state index >= 15 is 0 Å². The van der Waals surface area contributed by atoms with Crippen molar-refractivity contribution in [1.29, 1.82) is 0 Å². The molecule has 1 aromatic heterocycles. The fraction of sp³-hybridized carbons (Fsp3) is 0.227. The number of para-hydroxylation sites is 1. The minimum absolute atomic E-state index is 0.0497. The van der Waals surface area contributed by atoms with Gasteiger partial charge in [0, 0.05) is 12.2 Å². The predicted molar refractivity (Wildman–Crippen MR) is 116 cm³/mol. The first-order chi connectivity index (χ1) is 15.4. The van der Waals surface area contributed by atoms with Crippen molar-refractivity contribution in [1.82, 2.24) is 14.9 Å². The molecule has 0 saturated heterocycles. The summed E-state index contributed by atoms with van der Waals surface area (Å²) < 4.78 is 11.2. The number of ether oxygens (including phenoxy) is 2. The molecule has 1 heterocycles. The van der Waals surface area contributed by atoms with Crippen LogP contribution >= 0.6 is 0 Å². The quantitative estimate of drug-likeness (QED) is 0.540. The zero-order valence-electron chi connectivity index (χ0n) is 17.6. The Bertz CT molecular complexity index is 1200. The van der Waals surface area contributed by atoms with Gasteiger partial charge < -0.3 is 14.8 Å². The van der Waals surface area contributed by atoms with Crippen LogP contribution in [0.25, 0.3) is 10.9 Å². The lowest BCUT2D eigenvalue weighted by molar-refractivity contribution is -0.148. The van der Waals surface area contributed by atoms with Crippen LogP contribution in [0.5, 0.6) is 5.75 Å². The lowest BCUT2D eigenvalue weighted by Gasteiger charge is -2.09. The normalized spacial score (nSPS) is 10.4. The second-order valence-electron chi connectivity index (χ2n) is 6.86. The van der Waals surface area contributed by atoms with Gasteiger partial charge in [-0.3, -0.25) is 24.3 Å². The maximum Gasteiger partial charge on any atom is 0.325 e. The van der Waals surface area contributed by atoms with Crippen LogP contribution in [0, 0.1) is 6.92 Å². The number of anilines is 1. The third kappa shape index (κ3) is 5.69. The summed E-state index contributed by atoms with van der Waals surface area (Å²) in [5.74, 6) is -0.855. The van der Waals surface area contributed by atoms with E-state index in [1.165, 1.54) is 18.0 Å². The highest BCUT2D eigenvalue weighted by Crippen LogP contribution is 2.14. The molecule has 0 aliphatic rings. The Morgan fingerprint density at radius 1 is 1.09 bits per heavy atom. The van der Waals surface area contributed by atoms with Crippen LogP contribution < -0.4 is 20.9 Å². The number of carbonyl (C=O) groups excluding carboxylic acids is 3. The van der Waals surface area contributed by atoms with Gasteiger partial charge in [0.15, 0.2) is 6.61 Å². The maximum absolute atomic E-state index is 12.5. The van der Waals surface area contributed by atoms with Crippen LogP contribution in [0.2, 0.25) is 0 Å². The minimum atomic E-state index is -0.788. The van der Waals surface area contributed by atoms with Crippen molar-refractivity contribution in [2.75, 3.05) is 19.0 Å². The highest BCUT2D eigenvalue weighted by Gasteiger charge is 2.12. The molecule has 0 radical (unpaired) electrons. The summed E-state index contributed by atoms with van der Waals surface area (Å²) in [5, 5.41) is 4.99. The summed E-state index contributed by atoms with van der Waals surface area (Å²) >= 11 is 0. The number of fused-ring (bicyclic) bond motifs is 1. The first-order valence-corrected chi connectivity index (χ1v) is 9.72. The van der Waals surface area contributed by atoms with Crippen LogP contribution in [0.4, 0.5) is 10.5 Å². The first-order valence-electron chi connectivity index (χ1n) is 9.72. The number of esters is 1. The Kier molecular flexibility index (Phi) is 7.17. The van der Waals surface area contributed by atoms with Gasteiger partial charge in [0.25, 0.3) is 11.5 Å². The van der Waals surface area contributed by atoms with Crippen molar-refractivity contribution in [3.63, 3.8) is 0 Å². The van der Waals surface area contributed by atoms with Gasteiger partial charge in [-0.15, -0.1) is 0 Å². The molecule has 3 aromatic rings. The van der Waals surface area contributed by atoms with E-state index in [1.54, 1.807) is 36.4 Å². The second-order valence-corrected chi connectivity index (χ2v) is 6.86. The molecule has 0 spiro atoms. The summed E-state index contributed by atoms with van der Waals surface area (Å²) in [6.07, 6.45) is 1.24. The van der Waals surface area contributed by atoms with E-state index in [0.29, 0.717) is 22.3 Å². The standard InChI is InChI=1S/C22H22N4O6/c1-14-4-3-5-17-20(14)23-13-26(21(17)29)11-10-19(28)32-12-18(27)25-22(30)24-15-6-8-16(31-2)9-7-15/h3-9,13H,10-12H2,1-2H3,(H2,24,25,27,30). The smallest absolute Gasteiger partial charge is 0.325 e. The minimum Gasteiger partial charge on any atom is -0.497 e. The molecule has 3 amide bonds. The van der Waals surface area contributed by atoms with Gasteiger partial charge in [0.05, 0.1) is 30.8 Å². The van der Waals surface area contributed by atoms with Gasteiger partial charge >= 0.3 is 12.0 Å². The van der Waals surface area contributed by atoms with Gasteiger partial charge in [0.1, 0.15) is 5.75 Å². The van der Waals surface area contributed by atoms with E-state index in [9.17, 15) is 19.2 Å². The summed E-state index contributed by atoms with van der Waals surface area (Å²) in [6, 6.07) is 11.0. The number of methoxy groups -OCH3 is 1. The Labute approximate surface area is 183 Å². The highest BCUT2D eigenvalue weighted by atomic mass is 16.5. The Balaban J connectivity index is 1.45. The molecule has 2 aromatic carbocycles. The van der Waals surface area contributed by atoms with E-state index in [1.807, 2.05) is 13.0 Å². The topological polar surface area (TPSA) is 129 Å². The monoisotopic (exact) mass is 438 g/mol. The molecule has 32 heavy (non-hydrogen) atoms. The molecule has 166 valence electrons. The molecule has 10 heteroatoms. The van der Waals surface area contributed by atoms with Crippen molar-refractivity contribution >= 4 is 34.5 Å². The van der Waals surface area contributed by atoms with Gasteiger partial charge in [-0.05, 0) is 42.8 Å². The number of urea groups is 1. The first kappa shape index (κ1) is 22.5. The molecule has 3 rings (SSSR count). The zero-order chi connectivity index (χ0) is 23.1. The molecule has 10 nitrogen and oxygen atoms in total. The number of imide groups is 1. The molecule has 0 bridgehead atoms. The number of amides is 3. The summed E-state index contributed by atoms with van der Waals surface area (Å²) in [5.41, 5.74) is 1.69. The average Bonchev–Trinajstić information content (AvgIpc) is 2.78. The van der Waals surface area contributed by atoms with E-state index in [0.717, 1.165) is 5.56 Å². The van der Waals surface area contributed by atoms with Gasteiger partial charge in [-0.1, -0.05) is 12.1 Å². The SMILES string of the molecule is COc1ccc(NC(=O)NC(=O)COC(=O)CCn2cnc3c(C)cccc3c2=O)cc1. The molecule has 0 fully saturated rings. The number of aryl methyl sites for hydroxylation is 2. The Morgan fingerprint density at radius 3 is 2.56 bits per heavy atom. The van der Waals surface area contributed by atoms with Crippen molar-refractivity contribution in [3.05, 3.63) is 64.7 Å². The lowest BCUT2D eigenvalue weighted by Crippen LogP contribution is -2.37. The van der Waals surface area contributed by atoms with Crippen LogP contribution in [-0.4, -0.2) is 41.2 Å². The summed E-state index contributed by atoms with van der Waals surface area (Å²) in [7, 11) is 1.52. The van der Waals surface area contributed by atoms with E-state index < -0.39 is 24.5 Å². The number of nitrogens with one attached hydrogen (secondary N) is 2. The number of aromatic nitrogens is 2. The van der Waals surface area contributed by atoms with Crippen molar-refractivity contribution < 1.29 is 23.9 Å². The molecule has 0 aliphatic carbocycles. The molecule has 0 aliphatic heterocycles. The molecule has 0 atom stereocenters. The highest BCUT2D eigenvalue weighted by molar-refractivity contribution is 6.01. The van der Waals surface area contributed by atoms with Crippen LogP contribution in [-0.2, 0) is 20.9 Å². The summed E-state index contributed by atoms with van der Waals surface area (Å²) in [4.78, 5) is 52.4. The average molecular weight is 438 g/mol. The number of benzene rings is 2. The fourth-order valence-corrected chi connectivity index (χ4v) is 2.93. The predicted octanol–water partition coefficient (Wildman–Crippen LogP) is 2.00. The third-order valence-electron chi connectivity index (χ3n) is 4.58. The van der Waals surface area contributed by atoms with Crippen LogP contribution in [0.1, 0.15) is 12.0 Å². The molecule has 0 unspecified atom stereocenters. The Morgan fingerprint density at radius 2 is 1.84 bits per heavy atom. The van der Waals surface area contributed by atoms with E-state index in [2.05, 4.69) is 15.6 Å². The van der Waals surface area contributed by atoms with Crippen LogP contribution in [0.15, 0.2) is 53.6 Å². The largest absolute Gasteiger partial charge is 0.497 e. The summed E-state index contributed by atoms with van der Waals surface area (Å²) in [6.45, 7) is 1.28. The molecule has 2 N–H and O–H groups in total. The molecular weight excluding hydrogens is 416 g/mol. The van der Waals surface area contributed by atoms with Crippen LogP contribution in [0.3, 0.4) is 0 Å². The number of hydrogen-bond acceptors (Lipinski definition) is 7. The van der Waals surface area contributed by atoms with E-state index in [-0.39, 0.29) is 18.5 Å². The second kappa shape index (κ2) is 10.2. The third-order valence-corrected chi connectivity index (χ3v) is 4.58. The lowest BCUT2D eigenvalue weighted by atomic mass is 10.1. The van der Waals surface area contributed by atoms with Gasteiger partial charge in [0.2, 0.25) is 0 Å². The van der Waals surface area contributed by atoms with Crippen molar-refractivity contribution in [3.8, 4) is 5.75 Å². The fourth-order valence-electron chi connectivity index (χ4n) is 2.93. The number of nitrogens with zero attached hydrogens (tertiary/aromatic N) is 2. The van der Waals surface area contributed by atoms with Crippen molar-refractivity contribution in [2.45, 2.75) is 19.9 Å². The number of carbonyl (C=O) groups is 3. The van der Waals surface area contributed by atoms with Gasteiger partial charge in [-0.25, -0.2) is 9.78 Å². The maximum atomic E-state index is 12.5. The van der Waals surface area contributed by atoms with E-state index in [4.69, 9.17) is 9.47 Å².